The molecule has 0 saturated heterocycles. The Hall–Kier alpha value is -2.54. The molecule has 0 radical (unpaired) electrons. The van der Waals surface area contributed by atoms with Crippen LogP contribution in [-0.4, -0.2) is 20.4 Å². The van der Waals surface area contributed by atoms with Crippen LogP contribution in [0.4, 0.5) is 5.13 Å². The Morgan fingerprint density at radius 2 is 2.12 bits per heavy atom. The first-order valence-electron chi connectivity index (χ1n) is 7.70. The summed E-state index contributed by atoms with van der Waals surface area (Å²) in [5.74, 6) is -0.292. The van der Waals surface area contributed by atoms with Crippen molar-refractivity contribution >= 4 is 32.6 Å². The molecule has 0 aliphatic rings. The lowest BCUT2D eigenvalue weighted by Gasteiger charge is -2.07. The molecule has 0 fully saturated rings. The molecule has 0 spiro atoms. The highest BCUT2D eigenvalue weighted by atomic mass is 32.1. The van der Waals surface area contributed by atoms with Gasteiger partial charge in [-0.15, -0.1) is 0 Å². The maximum Gasteiger partial charge on any atom is 0.256 e. The molecule has 124 valence electrons. The van der Waals surface area contributed by atoms with Crippen molar-refractivity contribution in [3.05, 3.63) is 51.7 Å². The normalized spacial score (nSPS) is 11.0. The molecule has 0 saturated carbocycles. The first kappa shape index (κ1) is 16.3. The van der Waals surface area contributed by atoms with Gasteiger partial charge in [-0.25, -0.2) is 9.97 Å². The molecule has 24 heavy (non-hydrogen) atoms. The van der Waals surface area contributed by atoms with E-state index in [1.54, 1.807) is 13.8 Å². The summed E-state index contributed by atoms with van der Waals surface area (Å²) >= 11 is 1.43. The van der Waals surface area contributed by atoms with Crippen LogP contribution in [0.1, 0.15) is 23.7 Å². The zero-order valence-electron chi connectivity index (χ0n) is 13.8. The van der Waals surface area contributed by atoms with Crippen molar-refractivity contribution in [3.63, 3.8) is 0 Å². The van der Waals surface area contributed by atoms with Crippen LogP contribution in [0, 0.1) is 13.8 Å². The first-order chi connectivity index (χ1) is 11.5. The van der Waals surface area contributed by atoms with Gasteiger partial charge in [-0.2, -0.15) is 0 Å². The maximum absolute atomic E-state index is 12.2. The monoisotopic (exact) mass is 342 g/mol. The maximum atomic E-state index is 12.2. The Morgan fingerprint density at radius 3 is 2.88 bits per heavy atom. The van der Waals surface area contributed by atoms with E-state index in [4.69, 9.17) is 0 Å². The molecule has 2 aromatic heterocycles. The van der Waals surface area contributed by atoms with E-state index in [1.165, 1.54) is 22.2 Å². The third-order valence-electron chi connectivity index (χ3n) is 3.96. The number of benzene rings is 1. The molecule has 0 unspecified atom stereocenters. The topological polar surface area (TPSA) is 76.9 Å². The van der Waals surface area contributed by atoms with E-state index >= 15 is 0 Å². The van der Waals surface area contributed by atoms with Gasteiger partial charge in [-0.3, -0.25) is 14.2 Å². The fourth-order valence-corrected chi connectivity index (χ4v) is 3.38. The lowest BCUT2D eigenvalue weighted by atomic mass is 10.1. The molecule has 0 atom stereocenters. The number of thiazole rings is 1. The second-order valence-corrected chi connectivity index (χ2v) is 6.60. The predicted octanol–water partition coefficient (Wildman–Crippen LogP) is 2.67. The summed E-state index contributed by atoms with van der Waals surface area (Å²) in [7, 11) is 0. The Balaban J connectivity index is 1.81. The summed E-state index contributed by atoms with van der Waals surface area (Å²) in [6, 6.07) is 6.01. The molecule has 1 aromatic carbocycles. The van der Waals surface area contributed by atoms with Gasteiger partial charge in [0, 0.05) is 11.3 Å². The van der Waals surface area contributed by atoms with E-state index in [0.29, 0.717) is 16.4 Å². The Bertz CT molecular complexity index is 974. The fourth-order valence-electron chi connectivity index (χ4n) is 2.45. The van der Waals surface area contributed by atoms with Crippen molar-refractivity contribution in [2.24, 2.45) is 0 Å². The molecule has 6 nitrogen and oxygen atoms in total. The fraction of sp³-hybridized carbons (Fsp3) is 0.294. The van der Waals surface area contributed by atoms with Gasteiger partial charge < -0.3 is 5.32 Å². The third kappa shape index (κ3) is 3.07. The van der Waals surface area contributed by atoms with Crippen LogP contribution < -0.4 is 10.9 Å². The minimum atomic E-state index is -0.292. The first-order valence-corrected chi connectivity index (χ1v) is 8.52. The number of para-hydroxylation sites is 1. The largest absolute Gasteiger partial charge is 0.300 e. The number of fused-ring (bicyclic) bond motifs is 1. The number of rotatable bonds is 4. The summed E-state index contributed by atoms with van der Waals surface area (Å²) < 4.78 is 2.34. The van der Waals surface area contributed by atoms with E-state index in [2.05, 4.69) is 22.2 Å². The van der Waals surface area contributed by atoms with Crippen LogP contribution in [0.25, 0.3) is 10.2 Å². The number of aryl methyl sites for hydroxylation is 2. The molecular weight excluding hydrogens is 324 g/mol. The average Bonchev–Trinajstić information content (AvgIpc) is 2.97. The van der Waals surface area contributed by atoms with Gasteiger partial charge in [0.2, 0.25) is 5.91 Å². The van der Waals surface area contributed by atoms with Crippen LogP contribution >= 0.6 is 11.3 Å². The van der Waals surface area contributed by atoms with Crippen molar-refractivity contribution in [1.29, 1.82) is 0 Å². The van der Waals surface area contributed by atoms with E-state index in [1.807, 2.05) is 18.2 Å². The summed E-state index contributed by atoms with van der Waals surface area (Å²) in [6.45, 7) is 5.47. The molecule has 2 heterocycles. The Kier molecular flexibility index (Phi) is 4.44. The molecule has 1 amide bonds. The molecule has 0 bridgehead atoms. The Morgan fingerprint density at radius 1 is 1.33 bits per heavy atom. The van der Waals surface area contributed by atoms with Crippen LogP contribution in [0.3, 0.4) is 0 Å². The number of carbonyl (C=O) groups is 1. The Labute approximate surface area is 143 Å². The van der Waals surface area contributed by atoms with Crippen LogP contribution in [-0.2, 0) is 17.8 Å². The zero-order valence-corrected chi connectivity index (χ0v) is 14.6. The smallest absolute Gasteiger partial charge is 0.256 e. The zero-order chi connectivity index (χ0) is 17.3. The number of nitrogens with one attached hydrogen (secondary N) is 1. The van der Waals surface area contributed by atoms with E-state index in [9.17, 15) is 9.59 Å². The van der Waals surface area contributed by atoms with Gasteiger partial charge in [-0.05, 0) is 31.9 Å². The second-order valence-electron chi connectivity index (χ2n) is 5.57. The van der Waals surface area contributed by atoms with Crippen LogP contribution in [0.15, 0.2) is 29.3 Å². The predicted molar refractivity (Wildman–Crippen MR) is 95.6 cm³/mol. The number of anilines is 1. The highest BCUT2D eigenvalue weighted by Gasteiger charge is 2.12. The van der Waals surface area contributed by atoms with E-state index in [-0.39, 0.29) is 18.0 Å². The summed E-state index contributed by atoms with van der Waals surface area (Å²) in [6.07, 6.45) is 2.29. The van der Waals surface area contributed by atoms with Crippen molar-refractivity contribution in [2.45, 2.75) is 33.7 Å². The van der Waals surface area contributed by atoms with Gasteiger partial charge in [0.1, 0.15) is 6.54 Å². The minimum absolute atomic E-state index is 0.0798. The number of hydrogen-bond donors (Lipinski definition) is 1. The SMILES string of the molecule is CCc1cccc2sc(NC(=O)Cn3cnc(C)c(C)c3=O)nc12. The third-order valence-corrected chi connectivity index (χ3v) is 4.89. The molecule has 3 aromatic rings. The number of aromatic nitrogens is 3. The van der Waals surface area contributed by atoms with Crippen LogP contribution in [0.2, 0.25) is 0 Å². The standard InChI is InChI=1S/C17H18N4O2S/c1-4-12-6-5-7-13-15(12)20-17(24-13)19-14(22)8-21-9-18-11(3)10(2)16(21)23/h5-7,9H,4,8H2,1-3H3,(H,19,20,22). The number of hydrogen-bond acceptors (Lipinski definition) is 5. The second kappa shape index (κ2) is 6.52. The quantitative estimate of drug-likeness (QED) is 0.791. The highest BCUT2D eigenvalue weighted by molar-refractivity contribution is 7.22. The highest BCUT2D eigenvalue weighted by Crippen LogP contribution is 2.28. The molecule has 3 rings (SSSR count). The van der Waals surface area contributed by atoms with Gasteiger partial charge >= 0.3 is 0 Å². The van der Waals surface area contributed by atoms with Crippen molar-refractivity contribution in [1.82, 2.24) is 14.5 Å². The lowest BCUT2D eigenvalue weighted by molar-refractivity contribution is -0.116. The van der Waals surface area contributed by atoms with Gasteiger partial charge in [-0.1, -0.05) is 30.4 Å². The van der Waals surface area contributed by atoms with Crippen molar-refractivity contribution in [2.75, 3.05) is 5.32 Å². The van der Waals surface area contributed by atoms with Crippen molar-refractivity contribution in [3.8, 4) is 0 Å². The molecular formula is C17H18N4O2S. The van der Waals surface area contributed by atoms with Crippen LogP contribution in [0.5, 0.6) is 0 Å². The van der Waals surface area contributed by atoms with Gasteiger partial charge in [0.25, 0.3) is 5.56 Å². The summed E-state index contributed by atoms with van der Waals surface area (Å²) in [4.78, 5) is 33.0. The van der Waals surface area contributed by atoms with Gasteiger partial charge in [0.15, 0.2) is 5.13 Å². The number of nitrogens with zero attached hydrogens (tertiary/aromatic N) is 3. The molecule has 0 aliphatic heterocycles. The van der Waals surface area contributed by atoms with Crippen molar-refractivity contribution < 1.29 is 4.79 Å². The average molecular weight is 342 g/mol. The lowest BCUT2D eigenvalue weighted by Crippen LogP contribution is -2.29. The summed E-state index contributed by atoms with van der Waals surface area (Å²) in [5, 5.41) is 3.32. The van der Waals surface area contributed by atoms with E-state index < -0.39 is 0 Å². The number of carbonyl (C=O) groups excluding carboxylic acids is 1. The molecule has 1 N–H and O–H groups in total. The molecule has 7 heteroatoms. The minimum Gasteiger partial charge on any atom is -0.300 e. The van der Waals surface area contributed by atoms with E-state index in [0.717, 1.165) is 22.2 Å². The number of amides is 1. The molecule has 0 aliphatic carbocycles. The van der Waals surface area contributed by atoms with Gasteiger partial charge in [0.05, 0.1) is 16.5 Å². The summed E-state index contributed by atoms with van der Waals surface area (Å²) in [5.41, 5.74) is 3.10.